The van der Waals surface area contributed by atoms with Gasteiger partial charge >= 0.3 is 0 Å². The Morgan fingerprint density at radius 2 is 1.16 bits per heavy atom. The van der Waals surface area contributed by atoms with E-state index in [1.165, 1.54) is 27.8 Å². The van der Waals surface area contributed by atoms with E-state index in [9.17, 15) is 0 Å². The fraction of sp³-hybridized carbons (Fsp3) is 0.0435. The molecule has 1 heterocycles. The van der Waals surface area contributed by atoms with Crippen molar-refractivity contribution < 1.29 is 4.42 Å². The van der Waals surface area contributed by atoms with E-state index in [2.05, 4.69) is 133 Å². The zero-order chi connectivity index (χ0) is 33.4. The summed E-state index contributed by atoms with van der Waals surface area (Å²) >= 11 is 0. The molecule has 0 unspecified atom stereocenters. The molecule has 1 aliphatic carbocycles. The smallest absolute Gasteiger partial charge is 0.157 e. The summed E-state index contributed by atoms with van der Waals surface area (Å²) in [4.78, 5) is 10.2. The molecule has 1 aromatic heterocycles. The van der Waals surface area contributed by atoms with Gasteiger partial charge in [0.2, 0.25) is 0 Å². The lowest BCUT2D eigenvalue weighted by atomic mass is 10.0. The number of hydrogen-bond acceptors (Lipinski definition) is 2. The van der Waals surface area contributed by atoms with Crippen molar-refractivity contribution >= 4 is 33.6 Å². The lowest BCUT2D eigenvalue weighted by Gasteiger charge is -2.09. The van der Waals surface area contributed by atoms with Crippen LogP contribution in [0.2, 0.25) is 0 Å². The lowest BCUT2D eigenvalue weighted by Crippen LogP contribution is -2.16. The van der Waals surface area contributed by atoms with Crippen LogP contribution in [0.25, 0.3) is 55.3 Å². The van der Waals surface area contributed by atoms with Crippen LogP contribution in [0.4, 0.5) is 0 Å². The minimum atomic E-state index is 0.428. The molecule has 0 fully saturated rings. The molecule has 0 amide bonds. The average molecular weight is 644 g/mol. The maximum Gasteiger partial charge on any atom is 0.157 e. The van der Waals surface area contributed by atoms with Crippen molar-refractivity contribution in [2.24, 2.45) is 15.7 Å². The topological polar surface area (TPSA) is 63.9 Å². The van der Waals surface area contributed by atoms with E-state index < -0.39 is 0 Å². The van der Waals surface area contributed by atoms with Gasteiger partial charge in [-0.3, -0.25) is 4.99 Å². The van der Waals surface area contributed by atoms with E-state index in [1.807, 2.05) is 30.3 Å². The van der Waals surface area contributed by atoms with Crippen molar-refractivity contribution in [2.45, 2.75) is 13.0 Å². The summed E-state index contributed by atoms with van der Waals surface area (Å²) in [6, 6.07) is 56.8. The first-order valence-corrected chi connectivity index (χ1v) is 16.9. The van der Waals surface area contributed by atoms with Crippen LogP contribution in [0.3, 0.4) is 0 Å². The van der Waals surface area contributed by atoms with E-state index >= 15 is 0 Å². The van der Waals surface area contributed by atoms with Crippen molar-refractivity contribution in [1.29, 1.82) is 0 Å². The van der Waals surface area contributed by atoms with E-state index in [0.29, 0.717) is 18.2 Å². The number of aliphatic imine (C=N–C) groups is 2. The number of amidine groups is 2. The van der Waals surface area contributed by atoms with Gasteiger partial charge in [0.15, 0.2) is 5.84 Å². The fourth-order valence-corrected chi connectivity index (χ4v) is 7.03. The number of nitrogens with zero attached hydrogens (tertiary/aromatic N) is 2. The van der Waals surface area contributed by atoms with E-state index in [-0.39, 0.29) is 0 Å². The Labute approximate surface area is 290 Å². The Balaban J connectivity index is 1.14. The van der Waals surface area contributed by atoms with Crippen LogP contribution in [0.15, 0.2) is 178 Å². The van der Waals surface area contributed by atoms with Crippen molar-refractivity contribution in [1.82, 2.24) is 0 Å². The van der Waals surface area contributed by atoms with Crippen LogP contribution in [-0.2, 0) is 13.0 Å². The van der Waals surface area contributed by atoms with Gasteiger partial charge < -0.3 is 10.2 Å². The molecule has 0 saturated carbocycles. The Morgan fingerprint density at radius 1 is 0.520 bits per heavy atom. The highest BCUT2D eigenvalue weighted by atomic mass is 16.3. The Kier molecular flexibility index (Phi) is 7.40. The first-order chi connectivity index (χ1) is 24.7. The standard InChI is InChI=1S/C46H33N3O/c47-45(37-19-18-36-25-35-15-7-8-17-39(35)40(36)27-37)49-46(48-29-30-10-9-16-33(24-30)31-11-3-1-4-12-31)38-21-23-44-42(28-38)41-26-34(20-22-43(41)50-44)32-13-5-2-6-14-32/h1-24,26-28H,25,29H2,(H2,47,48,49). The highest BCUT2D eigenvalue weighted by Crippen LogP contribution is 2.37. The minimum absolute atomic E-state index is 0.428. The van der Waals surface area contributed by atoms with Crippen LogP contribution in [0.1, 0.15) is 27.8 Å². The average Bonchev–Trinajstić information content (AvgIpc) is 3.74. The lowest BCUT2D eigenvalue weighted by molar-refractivity contribution is 0.669. The maximum atomic E-state index is 6.83. The van der Waals surface area contributed by atoms with Crippen molar-refractivity contribution in [3.63, 3.8) is 0 Å². The number of fused-ring (bicyclic) bond motifs is 6. The number of rotatable bonds is 6. The van der Waals surface area contributed by atoms with Gasteiger partial charge in [0.1, 0.15) is 17.0 Å². The molecule has 0 aliphatic heterocycles. The monoisotopic (exact) mass is 643 g/mol. The normalized spacial score (nSPS) is 12.7. The molecule has 50 heavy (non-hydrogen) atoms. The molecule has 2 N–H and O–H groups in total. The third-order valence-electron chi connectivity index (χ3n) is 9.60. The fourth-order valence-electron chi connectivity index (χ4n) is 7.03. The summed E-state index contributed by atoms with van der Waals surface area (Å²) < 4.78 is 6.28. The van der Waals surface area contributed by atoms with Gasteiger partial charge in [-0.05, 0) is 99.0 Å². The highest BCUT2D eigenvalue weighted by molar-refractivity contribution is 6.14. The molecule has 4 heteroatoms. The number of benzene rings is 7. The summed E-state index contributed by atoms with van der Waals surface area (Å²) in [5, 5.41) is 2.06. The second-order valence-electron chi connectivity index (χ2n) is 12.8. The second-order valence-corrected chi connectivity index (χ2v) is 12.8. The molecule has 238 valence electrons. The molecule has 0 saturated heterocycles. The van der Waals surface area contributed by atoms with Gasteiger partial charge in [0.05, 0.1) is 6.54 Å². The quantitative estimate of drug-likeness (QED) is 0.145. The van der Waals surface area contributed by atoms with Gasteiger partial charge in [-0.25, -0.2) is 4.99 Å². The molecular weight excluding hydrogens is 611 g/mol. The summed E-state index contributed by atoms with van der Waals surface area (Å²) in [5.41, 5.74) is 21.1. The predicted molar refractivity (Wildman–Crippen MR) is 207 cm³/mol. The van der Waals surface area contributed by atoms with Crippen LogP contribution in [-0.4, -0.2) is 11.7 Å². The van der Waals surface area contributed by atoms with Crippen LogP contribution >= 0.6 is 0 Å². The van der Waals surface area contributed by atoms with E-state index in [0.717, 1.165) is 61.7 Å². The van der Waals surface area contributed by atoms with Gasteiger partial charge in [-0.2, -0.15) is 0 Å². The zero-order valence-corrected chi connectivity index (χ0v) is 27.4. The third-order valence-corrected chi connectivity index (χ3v) is 9.60. The molecule has 8 aromatic rings. The summed E-state index contributed by atoms with van der Waals surface area (Å²) in [5.74, 6) is 1.00. The molecule has 0 atom stereocenters. The number of nitrogens with two attached hydrogens (primary N) is 1. The molecular formula is C46H33N3O. The van der Waals surface area contributed by atoms with Crippen LogP contribution in [0, 0.1) is 0 Å². The third kappa shape index (κ3) is 5.57. The summed E-state index contributed by atoms with van der Waals surface area (Å²) in [6.07, 6.45) is 0.933. The molecule has 9 rings (SSSR count). The van der Waals surface area contributed by atoms with Crippen molar-refractivity contribution in [2.75, 3.05) is 0 Å². The van der Waals surface area contributed by atoms with Gasteiger partial charge in [0, 0.05) is 21.9 Å². The van der Waals surface area contributed by atoms with Crippen LogP contribution in [0.5, 0.6) is 0 Å². The zero-order valence-electron chi connectivity index (χ0n) is 27.4. The van der Waals surface area contributed by atoms with Gasteiger partial charge in [-0.1, -0.05) is 121 Å². The van der Waals surface area contributed by atoms with Crippen molar-refractivity contribution in [3.8, 4) is 33.4 Å². The summed E-state index contributed by atoms with van der Waals surface area (Å²) in [7, 11) is 0. The predicted octanol–water partition coefficient (Wildman–Crippen LogP) is 10.8. The first-order valence-electron chi connectivity index (χ1n) is 16.9. The molecule has 0 bridgehead atoms. The maximum absolute atomic E-state index is 6.83. The molecule has 0 spiro atoms. The van der Waals surface area contributed by atoms with Crippen molar-refractivity contribution in [3.05, 3.63) is 192 Å². The Bertz CT molecular complexity index is 2600. The minimum Gasteiger partial charge on any atom is -0.456 e. The Morgan fingerprint density at radius 3 is 1.96 bits per heavy atom. The molecule has 4 nitrogen and oxygen atoms in total. The van der Waals surface area contributed by atoms with Gasteiger partial charge in [-0.15, -0.1) is 0 Å². The molecule has 7 aromatic carbocycles. The molecule has 0 radical (unpaired) electrons. The highest BCUT2D eigenvalue weighted by Gasteiger charge is 2.19. The number of furan rings is 1. The largest absolute Gasteiger partial charge is 0.456 e. The van der Waals surface area contributed by atoms with Gasteiger partial charge in [0.25, 0.3) is 0 Å². The Hall–Kier alpha value is -6.52. The van der Waals surface area contributed by atoms with E-state index in [4.69, 9.17) is 20.1 Å². The first kappa shape index (κ1) is 29.6. The van der Waals surface area contributed by atoms with E-state index in [1.54, 1.807) is 0 Å². The SMILES string of the molecule is NC(=NC(=NCc1cccc(-c2ccccc2)c1)c1ccc2oc3ccc(-c4ccccc4)cc3c2c1)c1ccc2c(c1)-c1ccccc1C2. The molecule has 1 aliphatic rings. The second kappa shape index (κ2) is 12.5. The van der Waals surface area contributed by atoms with Crippen LogP contribution < -0.4 is 5.73 Å². The summed E-state index contributed by atoms with van der Waals surface area (Å²) in [6.45, 7) is 0.451. The number of hydrogen-bond donors (Lipinski definition) is 1.